The highest BCUT2D eigenvalue weighted by Crippen LogP contribution is 2.39. The summed E-state index contributed by atoms with van der Waals surface area (Å²) < 4.78 is 0. The Hall–Kier alpha value is -1.59. The minimum absolute atomic E-state index is 0.0310. The van der Waals surface area contributed by atoms with Gasteiger partial charge >= 0.3 is 5.97 Å². The predicted octanol–water partition coefficient (Wildman–Crippen LogP) is -0.523. The molecule has 4 N–H and O–H groups in total. The Morgan fingerprint density at radius 1 is 1.38 bits per heavy atom. The third kappa shape index (κ3) is 3.22. The van der Waals surface area contributed by atoms with E-state index in [2.05, 4.69) is 5.32 Å². The highest BCUT2D eigenvalue weighted by molar-refractivity contribution is 5.90. The zero-order valence-electron chi connectivity index (χ0n) is 9.32. The second-order valence-electron chi connectivity index (χ2n) is 4.80. The Kier molecular flexibility index (Phi) is 3.21. The van der Waals surface area contributed by atoms with Crippen LogP contribution in [0.25, 0.3) is 0 Å². The van der Waals surface area contributed by atoms with Crippen LogP contribution in [-0.4, -0.2) is 28.4 Å². The third-order valence-corrected chi connectivity index (χ3v) is 2.52. The first-order chi connectivity index (χ1) is 7.23. The molecule has 0 bridgehead atoms. The van der Waals surface area contributed by atoms with Gasteiger partial charge in [-0.3, -0.25) is 14.4 Å². The third-order valence-electron chi connectivity index (χ3n) is 2.52. The number of nitrogens with two attached hydrogens (primary N) is 1. The van der Waals surface area contributed by atoms with Crippen LogP contribution >= 0.6 is 0 Å². The Labute approximate surface area is 93.2 Å². The second kappa shape index (κ2) is 4.11. The summed E-state index contributed by atoms with van der Waals surface area (Å²) in [7, 11) is 0. The van der Waals surface area contributed by atoms with Gasteiger partial charge in [-0.2, -0.15) is 0 Å². The van der Waals surface area contributed by atoms with Gasteiger partial charge in [-0.15, -0.1) is 0 Å². The average Bonchev–Trinajstić information content (AvgIpc) is 2.77. The molecule has 1 saturated carbocycles. The Morgan fingerprint density at radius 3 is 2.31 bits per heavy atom. The maximum absolute atomic E-state index is 11.6. The van der Waals surface area contributed by atoms with Crippen molar-refractivity contribution in [2.24, 2.45) is 17.6 Å². The lowest BCUT2D eigenvalue weighted by molar-refractivity contribution is -0.140. The quantitative estimate of drug-likeness (QED) is 0.588. The fourth-order valence-electron chi connectivity index (χ4n) is 1.66. The highest BCUT2D eigenvalue weighted by Gasteiger charge is 2.49. The summed E-state index contributed by atoms with van der Waals surface area (Å²) >= 11 is 0. The lowest BCUT2D eigenvalue weighted by Crippen LogP contribution is -2.47. The van der Waals surface area contributed by atoms with Crippen LogP contribution in [0, 0.1) is 11.8 Å². The number of carboxylic acid groups (broad SMARTS) is 1. The zero-order chi connectivity index (χ0) is 12.5. The van der Waals surface area contributed by atoms with Crippen LogP contribution in [0.15, 0.2) is 0 Å². The first-order valence-electron chi connectivity index (χ1n) is 5.06. The van der Waals surface area contributed by atoms with Crippen LogP contribution in [0.4, 0.5) is 0 Å². The topological polar surface area (TPSA) is 109 Å². The normalized spacial score (nSPS) is 23.6. The summed E-state index contributed by atoms with van der Waals surface area (Å²) in [5.41, 5.74) is 4.31. The van der Waals surface area contributed by atoms with E-state index in [9.17, 15) is 14.4 Å². The molecule has 0 aliphatic heterocycles. The molecule has 0 aromatic heterocycles. The number of rotatable bonds is 5. The van der Waals surface area contributed by atoms with Gasteiger partial charge < -0.3 is 16.2 Å². The van der Waals surface area contributed by atoms with E-state index in [1.165, 1.54) is 0 Å². The summed E-state index contributed by atoms with van der Waals surface area (Å²) in [5, 5.41) is 11.3. The van der Waals surface area contributed by atoms with Crippen LogP contribution < -0.4 is 11.1 Å². The largest absolute Gasteiger partial charge is 0.481 e. The number of nitrogens with one attached hydrogen (secondary N) is 1. The predicted molar refractivity (Wildman–Crippen MR) is 55.3 cm³/mol. The molecule has 1 fully saturated rings. The molecule has 1 aliphatic rings. The molecule has 0 radical (unpaired) electrons. The molecule has 0 heterocycles. The molecule has 2 atom stereocenters. The summed E-state index contributed by atoms with van der Waals surface area (Å²) in [6.45, 7) is 3.35. The second-order valence-corrected chi connectivity index (χ2v) is 4.80. The van der Waals surface area contributed by atoms with Crippen LogP contribution in [0.5, 0.6) is 0 Å². The van der Waals surface area contributed by atoms with E-state index in [0.717, 1.165) is 0 Å². The summed E-state index contributed by atoms with van der Waals surface area (Å²) in [5.74, 6) is -2.82. The van der Waals surface area contributed by atoms with Gasteiger partial charge in [0.2, 0.25) is 11.8 Å². The van der Waals surface area contributed by atoms with Gasteiger partial charge in [0.1, 0.15) is 0 Å². The van der Waals surface area contributed by atoms with Gasteiger partial charge in [0, 0.05) is 12.0 Å². The lowest BCUT2D eigenvalue weighted by atomic mass is 10.00. The minimum Gasteiger partial charge on any atom is -0.481 e. The molecule has 90 valence electrons. The first-order valence-corrected chi connectivity index (χ1v) is 5.06. The van der Waals surface area contributed by atoms with E-state index in [-0.39, 0.29) is 12.3 Å². The van der Waals surface area contributed by atoms with Crippen molar-refractivity contribution in [1.29, 1.82) is 0 Å². The molecule has 6 heteroatoms. The van der Waals surface area contributed by atoms with E-state index in [4.69, 9.17) is 10.8 Å². The van der Waals surface area contributed by atoms with Crippen molar-refractivity contribution >= 4 is 17.8 Å². The Balaban J connectivity index is 2.46. The molecule has 0 aromatic rings. The van der Waals surface area contributed by atoms with Crippen molar-refractivity contribution in [2.75, 3.05) is 0 Å². The van der Waals surface area contributed by atoms with Crippen molar-refractivity contribution in [1.82, 2.24) is 5.32 Å². The summed E-state index contributed by atoms with van der Waals surface area (Å²) in [6.07, 6.45) is 0.400. The SMILES string of the molecule is CC(C)(CC(N)=O)NC(=O)[C@@H]1C[C@@H]1C(=O)O. The maximum atomic E-state index is 11.6. The highest BCUT2D eigenvalue weighted by atomic mass is 16.4. The maximum Gasteiger partial charge on any atom is 0.307 e. The monoisotopic (exact) mass is 228 g/mol. The number of carbonyl (C=O) groups is 3. The van der Waals surface area contributed by atoms with Gasteiger partial charge in [-0.25, -0.2) is 0 Å². The number of carboxylic acids is 1. The van der Waals surface area contributed by atoms with Crippen molar-refractivity contribution in [3.63, 3.8) is 0 Å². The molecular formula is C10H16N2O4. The smallest absolute Gasteiger partial charge is 0.307 e. The van der Waals surface area contributed by atoms with Gasteiger partial charge in [0.15, 0.2) is 0 Å². The fourth-order valence-corrected chi connectivity index (χ4v) is 1.66. The number of aliphatic carboxylic acids is 1. The molecule has 0 spiro atoms. The molecule has 0 aromatic carbocycles. The molecule has 1 rings (SSSR count). The number of hydrogen-bond donors (Lipinski definition) is 3. The van der Waals surface area contributed by atoms with E-state index >= 15 is 0 Å². The molecule has 0 unspecified atom stereocenters. The minimum atomic E-state index is -0.951. The number of hydrogen-bond acceptors (Lipinski definition) is 3. The number of primary amides is 1. The van der Waals surface area contributed by atoms with Gasteiger partial charge in [0.25, 0.3) is 0 Å². The number of amides is 2. The molecule has 0 saturated heterocycles. The van der Waals surface area contributed by atoms with E-state index < -0.39 is 29.3 Å². The van der Waals surface area contributed by atoms with Gasteiger partial charge in [-0.05, 0) is 20.3 Å². The van der Waals surface area contributed by atoms with Gasteiger partial charge in [0.05, 0.1) is 11.8 Å². The molecule has 6 nitrogen and oxygen atoms in total. The molecule has 2 amide bonds. The Bertz CT molecular complexity index is 338. The van der Waals surface area contributed by atoms with Gasteiger partial charge in [-0.1, -0.05) is 0 Å². The fraction of sp³-hybridized carbons (Fsp3) is 0.700. The molecule has 16 heavy (non-hydrogen) atoms. The lowest BCUT2D eigenvalue weighted by Gasteiger charge is -2.24. The Morgan fingerprint density at radius 2 is 1.94 bits per heavy atom. The standard InChI is InChI=1S/C10H16N2O4/c1-10(2,4-7(11)13)12-8(14)5-3-6(5)9(15)16/h5-6H,3-4H2,1-2H3,(H2,11,13)(H,12,14)(H,15,16)/t5-,6+/m1/s1. The van der Waals surface area contributed by atoms with Crippen LogP contribution in [0.2, 0.25) is 0 Å². The molecule has 1 aliphatic carbocycles. The first kappa shape index (κ1) is 12.5. The van der Waals surface area contributed by atoms with Crippen molar-refractivity contribution < 1.29 is 19.5 Å². The molecular weight excluding hydrogens is 212 g/mol. The average molecular weight is 228 g/mol. The summed E-state index contributed by atoms with van der Waals surface area (Å²) in [6, 6.07) is 0. The van der Waals surface area contributed by atoms with Crippen LogP contribution in [0.1, 0.15) is 26.7 Å². The zero-order valence-corrected chi connectivity index (χ0v) is 9.32. The van der Waals surface area contributed by atoms with Crippen LogP contribution in [0.3, 0.4) is 0 Å². The summed E-state index contributed by atoms with van der Waals surface area (Å²) in [4.78, 5) is 32.9. The van der Waals surface area contributed by atoms with E-state index in [1.807, 2.05) is 0 Å². The number of carbonyl (C=O) groups excluding carboxylic acids is 2. The van der Waals surface area contributed by atoms with Crippen molar-refractivity contribution in [3.8, 4) is 0 Å². The van der Waals surface area contributed by atoms with E-state index in [0.29, 0.717) is 6.42 Å². The van der Waals surface area contributed by atoms with Crippen molar-refractivity contribution in [2.45, 2.75) is 32.2 Å². The van der Waals surface area contributed by atoms with Crippen molar-refractivity contribution in [3.05, 3.63) is 0 Å². The van der Waals surface area contributed by atoms with E-state index in [1.54, 1.807) is 13.8 Å². The van der Waals surface area contributed by atoms with Crippen LogP contribution in [-0.2, 0) is 14.4 Å².